The van der Waals surface area contributed by atoms with Gasteiger partial charge in [-0.1, -0.05) is 11.6 Å². The molecule has 0 unspecified atom stereocenters. The Hall–Kier alpha value is -2.46. The average molecular weight is 287 g/mol. The van der Waals surface area contributed by atoms with Crippen molar-refractivity contribution in [3.8, 4) is 5.75 Å². The van der Waals surface area contributed by atoms with E-state index in [1.807, 2.05) is 18.3 Å². The molecule has 0 aliphatic carbocycles. The van der Waals surface area contributed by atoms with Gasteiger partial charge in [0, 0.05) is 34.4 Å². The fourth-order valence-electron chi connectivity index (χ4n) is 1.99. The first kappa shape index (κ1) is 12.6. The zero-order valence-corrected chi connectivity index (χ0v) is 11.1. The Morgan fingerprint density at radius 3 is 2.80 bits per heavy atom. The normalized spacial score (nSPS) is 10.7. The fraction of sp³-hybridized carbons (Fsp3) is 0. The van der Waals surface area contributed by atoms with Gasteiger partial charge in [0.15, 0.2) is 0 Å². The minimum Gasteiger partial charge on any atom is -0.506 e. The lowest BCUT2D eigenvalue weighted by atomic mass is 10.1. The highest BCUT2D eigenvalue weighted by Crippen LogP contribution is 2.26. The van der Waals surface area contributed by atoms with Gasteiger partial charge < -0.3 is 15.4 Å². The van der Waals surface area contributed by atoms with Gasteiger partial charge in [0.05, 0.1) is 5.02 Å². The van der Waals surface area contributed by atoms with E-state index in [0.29, 0.717) is 11.3 Å². The van der Waals surface area contributed by atoms with E-state index in [1.54, 1.807) is 18.2 Å². The molecule has 1 heterocycles. The SMILES string of the molecule is O=C(Nc1ccc(Cl)c(O)c1)c1ccc2[nH]ccc2c1. The molecule has 0 atom stereocenters. The maximum Gasteiger partial charge on any atom is 0.255 e. The van der Waals surface area contributed by atoms with Gasteiger partial charge in [-0.05, 0) is 36.4 Å². The van der Waals surface area contributed by atoms with Crippen molar-refractivity contribution in [2.75, 3.05) is 5.32 Å². The van der Waals surface area contributed by atoms with E-state index in [1.165, 1.54) is 12.1 Å². The van der Waals surface area contributed by atoms with Crippen LogP contribution in [-0.4, -0.2) is 16.0 Å². The number of hydrogen-bond donors (Lipinski definition) is 3. The number of aromatic amines is 1. The Kier molecular flexibility index (Phi) is 3.08. The number of H-pyrrole nitrogens is 1. The summed E-state index contributed by atoms with van der Waals surface area (Å²) in [6, 6.07) is 11.9. The molecule has 5 heteroatoms. The molecule has 4 nitrogen and oxygen atoms in total. The molecular weight excluding hydrogens is 276 g/mol. The number of aromatic nitrogens is 1. The Morgan fingerprint density at radius 1 is 1.15 bits per heavy atom. The average Bonchev–Trinajstić information content (AvgIpc) is 2.90. The third-order valence-corrected chi connectivity index (χ3v) is 3.34. The van der Waals surface area contributed by atoms with Crippen molar-refractivity contribution < 1.29 is 9.90 Å². The molecule has 0 radical (unpaired) electrons. The number of hydrogen-bond acceptors (Lipinski definition) is 2. The lowest BCUT2D eigenvalue weighted by molar-refractivity contribution is 0.102. The summed E-state index contributed by atoms with van der Waals surface area (Å²) < 4.78 is 0. The zero-order chi connectivity index (χ0) is 14.1. The molecule has 20 heavy (non-hydrogen) atoms. The Balaban J connectivity index is 1.86. The molecular formula is C15H11ClN2O2. The number of carbonyl (C=O) groups excluding carboxylic acids is 1. The highest BCUT2D eigenvalue weighted by molar-refractivity contribution is 6.32. The standard InChI is InChI=1S/C15H11ClN2O2/c16-12-3-2-11(8-14(12)19)18-15(20)10-1-4-13-9(7-10)5-6-17-13/h1-8,17,19H,(H,18,20). The zero-order valence-electron chi connectivity index (χ0n) is 10.4. The highest BCUT2D eigenvalue weighted by Gasteiger charge is 2.08. The first-order valence-corrected chi connectivity index (χ1v) is 6.38. The van der Waals surface area contributed by atoms with E-state index >= 15 is 0 Å². The summed E-state index contributed by atoms with van der Waals surface area (Å²) in [6.45, 7) is 0. The lowest BCUT2D eigenvalue weighted by Crippen LogP contribution is -2.11. The van der Waals surface area contributed by atoms with Gasteiger partial charge in [0.2, 0.25) is 0 Å². The lowest BCUT2D eigenvalue weighted by Gasteiger charge is -2.06. The summed E-state index contributed by atoms with van der Waals surface area (Å²) in [7, 11) is 0. The number of anilines is 1. The third-order valence-electron chi connectivity index (χ3n) is 3.02. The number of amides is 1. The molecule has 3 rings (SSSR count). The second kappa shape index (κ2) is 4.90. The minimum atomic E-state index is -0.241. The topological polar surface area (TPSA) is 65.1 Å². The molecule has 3 aromatic rings. The molecule has 0 aliphatic heterocycles. The predicted octanol–water partition coefficient (Wildman–Crippen LogP) is 3.78. The Morgan fingerprint density at radius 2 is 2.00 bits per heavy atom. The Bertz CT molecular complexity index is 795. The number of halogens is 1. The largest absolute Gasteiger partial charge is 0.506 e. The molecule has 3 N–H and O–H groups in total. The summed E-state index contributed by atoms with van der Waals surface area (Å²) in [5, 5.41) is 13.4. The number of phenolic OH excluding ortho intramolecular Hbond substituents is 1. The number of benzene rings is 2. The van der Waals surface area contributed by atoms with Crippen molar-refractivity contribution in [3.05, 3.63) is 59.2 Å². The van der Waals surface area contributed by atoms with Gasteiger partial charge in [-0.25, -0.2) is 0 Å². The fourth-order valence-corrected chi connectivity index (χ4v) is 2.11. The van der Waals surface area contributed by atoms with Crippen LogP contribution in [0.2, 0.25) is 5.02 Å². The van der Waals surface area contributed by atoms with Gasteiger partial charge in [0.1, 0.15) is 5.75 Å². The molecule has 0 aliphatic rings. The quantitative estimate of drug-likeness (QED) is 0.671. The van der Waals surface area contributed by atoms with Crippen LogP contribution in [0.4, 0.5) is 5.69 Å². The smallest absolute Gasteiger partial charge is 0.255 e. The molecule has 100 valence electrons. The summed E-state index contributed by atoms with van der Waals surface area (Å²) in [5.74, 6) is -0.305. The summed E-state index contributed by atoms with van der Waals surface area (Å²) in [5.41, 5.74) is 2.02. The highest BCUT2D eigenvalue weighted by atomic mass is 35.5. The maximum absolute atomic E-state index is 12.1. The van der Waals surface area contributed by atoms with Crippen LogP contribution in [0, 0.1) is 0 Å². The van der Waals surface area contributed by atoms with Crippen molar-refractivity contribution in [2.24, 2.45) is 0 Å². The summed E-state index contributed by atoms with van der Waals surface area (Å²) >= 11 is 5.72. The van der Waals surface area contributed by atoms with Gasteiger partial charge in [-0.3, -0.25) is 4.79 Å². The first-order valence-electron chi connectivity index (χ1n) is 6.00. The predicted molar refractivity (Wildman–Crippen MR) is 79.4 cm³/mol. The molecule has 0 saturated carbocycles. The Labute approximate surface area is 120 Å². The summed E-state index contributed by atoms with van der Waals surface area (Å²) in [6.07, 6.45) is 1.82. The van der Waals surface area contributed by atoms with Crippen molar-refractivity contribution in [1.82, 2.24) is 4.98 Å². The van der Waals surface area contributed by atoms with Crippen LogP contribution < -0.4 is 5.32 Å². The van der Waals surface area contributed by atoms with E-state index in [4.69, 9.17) is 11.6 Å². The van der Waals surface area contributed by atoms with Gasteiger partial charge in [0.25, 0.3) is 5.91 Å². The number of aromatic hydroxyl groups is 1. The maximum atomic E-state index is 12.1. The molecule has 1 amide bonds. The van der Waals surface area contributed by atoms with Crippen LogP contribution in [0.5, 0.6) is 5.75 Å². The molecule has 0 saturated heterocycles. The number of nitrogens with one attached hydrogen (secondary N) is 2. The van der Waals surface area contributed by atoms with E-state index in [2.05, 4.69) is 10.3 Å². The monoisotopic (exact) mass is 286 g/mol. The third kappa shape index (κ3) is 2.33. The van der Waals surface area contributed by atoms with Gasteiger partial charge in [-0.15, -0.1) is 0 Å². The number of phenols is 1. The molecule has 0 spiro atoms. The van der Waals surface area contributed by atoms with Crippen molar-refractivity contribution >= 4 is 34.1 Å². The molecule has 0 bridgehead atoms. The minimum absolute atomic E-state index is 0.0643. The van der Waals surface area contributed by atoms with Gasteiger partial charge in [-0.2, -0.15) is 0 Å². The van der Waals surface area contributed by atoms with Crippen LogP contribution in [0.25, 0.3) is 10.9 Å². The van der Waals surface area contributed by atoms with Crippen molar-refractivity contribution in [2.45, 2.75) is 0 Å². The molecule has 1 aromatic heterocycles. The van der Waals surface area contributed by atoms with E-state index < -0.39 is 0 Å². The van der Waals surface area contributed by atoms with Crippen molar-refractivity contribution in [1.29, 1.82) is 0 Å². The van der Waals surface area contributed by atoms with Crippen LogP contribution in [0.15, 0.2) is 48.7 Å². The van der Waals surface area contributed by atoms with E-state index in [9.17, 15) is 9.90 Å². The first-order chi connectivity index (χ1) is 9.63. The van der Waals surface area contributed by atoms with Crippen LogP contribution in [0.1, 0.15) is 10.4 Å². The van der Waals surface area contributed by atoms with Crippen LogP contribution in [0.3, 0.4) is 0 Å². The van der Waals surface area contributed by atoms with Crippen LogP contribution in [-0.2, 0) is 0 Å². The second-order valence-corrected chi connectivity index (χ2v) is 4.81. The second-order valence-electron chi connectivity index (χ2n) is 4.40. The van der Waals surface area contributed by atoms with E-state index in [-0.39, 0.29) is 16.7 Å². The van der Waals surface area contributed by atoms with Gasteiger partial charge >= 0.3 is 0 Å². The number of rotatable bonds is 2. The molecule has 0 fully saturated rings. The summed E-state index contributed by atoms with van der Waals surface area (Å²) in [4.78, 5) is 15.2. The number of fused-ring (bicyclic) bond motifs is 1. The molecule has 2 aromatic carbocycles. The number of carbonyl (C=O) groups is 1. The van der Waals surface area contributed by atoms with E-state index in [0.717, 1.165) is 10.9 Å². The van der Waals surface area contributed by atoms with Crippen LogP contribution >= 0.6 is 11.6 Å². The van der Waals surface area contributed by atoms with Crippen molar-refractivity contribution in [3.63, 3.8) is 0 Å².